The first-order valence-corrected chi connectivity index (χ1v) is 10.0. The number of Topliss-reactive ketones (excluding diaryl/α,β-unsaturated/α-hetero) is 1. The number of nitrogens with zero attached hydrogens (tertiary/aromatic N) is 2. The van der Waals surface area contributed by atoms with Crippen LogP contribution in [0.3, 0.4) is 0 Å². The molecule has 1 aliphatic carbocycles. The van der Waals surface area contributed by atoms with E-state index in [0.717, 1.165) is 29.9 Å². The van der Waals surface area contributed by atoms with Crippen molar-refractivity contribution in [3.8, 4) is 0 Å². The van der Waals surface area contributed by atoms with Crippen LogP contribution in [-0.4, -0.2) is 41.5 Å². The molecule has 0 fully saturated rings. The molecule has 28 heavy (non-hydrogen) atoms. The van der Waals surface area contributed by atoms with Crippen LogP contribution in [0.15, 0.2) is 48.5 Å². The number of ketones is 1. The van der Waals surface area contributed by atoms with Gasteiger partial charge in [0.15, 0.2) is 5.78 Å². The van der Waals surface area contributed by atoms with Crippen molar-refractivity contribution in [1.29, 1.82) is 0 Å². The maximum atomic E-state index is 13.2. The first kappa shape index (κ1) is 19.9. The van der Waals surface area contributed by atoms with E-state index in [4.69, 9.17) is 0 Å². The maximum Gasteiger partial charge on any atom is 0.407 e. The quantitative estimate of drug-likeness (QED) is 0.739. The molecule has 5 nitrogen and oxygen atoms in total. The number of fused-ring (bicyclic) bond motifs is 1. The zero-order valence-corrected chi connectivity index (χ0v) is 16.8. The van der Waals surface area contributed by atoms with Crippen molar-refractivity contribution in [1.82, 2.24) is 4.90 Å². The molecule has 3 rings (SSSR count). The van der Waals surface area contributed by atoms with E-state index < -0.39 is 18.1 Å². The molecular formula is C23H28N2O3. The zero-order valence-electron chi connectivity index (χ0n) is 16.8. The number of amides is 1. The normalized spacial score (nSPS) is 18.0. The lowest BCUT2D eigenvalue weighted by atomic mass is 9.90. The molecule has 0 radical (unpaired) electrons. The highest BCUT2D eigenvalue weighted by molar-refractivity contribution is 6.06. The summed E-state index contributed by atoms with van der Waals surface area (Å²) in [6.45, 7) is 8.40. The molecule has 148 valence electrons. The van der Waals surface area contributed by atoms with Crippen LogP contribution >= 0.6 is 0 Å². The molecule has 0 saturated heterocycles. The van der Waals surface area contributed by atoms with Crippen LogP contribution in [-0.2, 0) is 0 Å². The van der Waals surface area contributed by atoms with Crippen molar-refractivity contribution >= 4 is 17.6 Å². The molecule has 1 N–H and O–H groups in total. The lowest BCUT2D eigenvalue weighted by Gasteiger charge is -2.31. The van der Waals surface area contributed by atoms with E-state index in [0.29, 0.717) is 18.5 Å². The summed E-state index contributed by atoms with van der Waals surface area (Å²) < 4.78 is 0. The minimum atomic E-state index is -0.985. The fourth-order valence-electron chi connectivity index (χ4n) is 4.23. The molecule has 0 spiro atoms. The highest BCUT2D eigenvalue weighted by Crippen LogP contribution is 2.46. The first-order valence-electron chi connectivity index (χ1n) is 10.0. The molecule has 2 aromatic carbocycles. The van der Waals surface area contributed by atoms with Crippen LogP contribution in [0.25, 0.3) is 0 Å². The summed E-state index contributed by atoms with van der Waals surface area (Å²) in [5, 5.41) is 9.83. The number of benzene rings is 2. The van der Waals surface area contributed by atoms with Gasteiger partial charge in [0.05, 0.1) is 12.0 Å². The van der Waals surface area contributed by atoms with Gasteiger partial charge < -0.3 is 14.9 Å². The second-order valence-corrected chi connectivity index (χ2v) is 7.11. The van der Waals surface area contributed by atoms with Gasteiger partial charge in [-0.05, 0) is 43.5 Å². The fourth-order valence-corrected chi connectivity index (χ4v) is 4.23. The Balaban J connectivity index is 2.05. The van der Waals surface area contributed by atoms with Gasteiger partial charge >= 0.3 is 6.09 Å². The Morgan fingerprint density at radius 3 is 2.21 bits per heavy atom. The zero-order chi connectivity index (χ0) is 20.3. The third-order valence-corrected chi connectivity index (χ3v) is 5.57. The number of rotatable bonds is 7. The average Bonchev–Trinajstić information content (AvgIpc) is 3.00. The largest absolute Gasteiger partial charge is 0.465 e. The molecule has 0 saturated carbocycles. The molecular weight excluding hydrogens is 352 g/mol. The third kappa shape index (κ3) is 3.49. The Hall–Kier alpha value is -2.82. The Morgan fingerprint density at radius 2 is 1.64 bits per heavy atom. The van der Waals surface area contributed by atoms with Crippen LogP contribution in [0.5, 0.6) is 0 Å². The number of hydrogen-bond donors (Lipinski definition) is 1. The van der Waals surface area contributed by atoms with Gasteiger partial charge in [-0.25, -0.2) is 4.79 Å². The highest BCUT2D eigenvalue weighted by Gasteiger charge is 2.44. The molecule has 2 aromatic rings. The Bertz CT molecular complexity index is 843. The molecule has 0 aromatic heterocycles. The molecule has 2 atom stereocenters. The number of hydrogen-bond acceptors (Lipinski definition) is 3. The monoisotopic (exact) mass is 380 g/mol. The molecule has 5 heteroatoms. The minimum absolute atomic E-state index is 0.00135. The summed E-state index contributed by atoms with van der Waals surface area (Å²) >= 11 is 0. The Morgan fingerprint density at radius 1 is 1.00 bits per heavy atom. The molecule has 0 aliphatic heterocycles. The van der Waals surface area contributed by atoms with E-state index in [9.17, 15) is 14.7 Å². The maximum absolute atomic E-state index is 13.2. The SMILES string of the molecule is CCCN(C(=O)O)C1c2ccccc2C(=O)C1c1ccc(N(CC)CC)cc1. The Labute approximate surface area is 166 Å². The van der Waals surface area contributed by atoms with Gasteiger partial charge in [0.2, 0.25) is 0 Å². The van der Waals surface area contributed by atoms with Crippen molar-refractivity contribution in [2.75, 3.05) is 24.5 Å². The van der Waals surface area contributed by atoms with Crippen molar-refractivity contribution in [2.45, 2.75) is 39.2 Å². The summed E-state index contributed by atoms with van der Waals surface area (Å²) in [5.41, 5.74) is 3.41. The predicted molar refractivity (Wildman–Crippen MR) is 111 cm³/mol. The number of carboxylic acid groups (broad SMARTS) is 1. The van der Waals surface area contributed by atoms with Crippen LogP contribution in [0, 0.1) is 0 Å². The van der Waals surface area contributed by atoms with Crippen molar-refractivity contribution in [3.05, 3.63) is 65.2 Å². The molecule has 1 amide bonds. The van der Waals surface area contributed by atoms with Crippen molar-refractivity contribution in [2.24, 2.45) is 0 Å². The highest BCUT2D eigenvalue weighted by atomic mass is 16.4. The second-order valence-electron chi connectivity index (χ2n) is 7.11. The number of carbonyl (C=O) groups excluding carboxylic acids is 1. The van der Waals surface area contributed by atoms with E-state index in [1.807, 2.05) is 49.4 Å². The van der Waals surface area contributed by atoms with E-state index in [1.54, 1.807) is 6.07 Å². The van der Waals surface area contributed by atoms with Gasteiger partial charge in [-0.2, -0.15) is 0 Å². The summed E-state index contributed by atoms with van der Waals surface area (Å²) in [5.74, 6) is -0.510. The lowest BCUT2D eigenvalue weighted by Crippen LogP contribution is -2.36. The number of anilines is 1. The van der Waals surface area contributed by atoms with Gasteiger partial charge in [0.25, 0.3) is 0 Å². The van der Waals surface area contributed by atoms with E-state index in [1.165, 1.54) is 4.90 Å². The first-order chi connectivity index (χ1) is 13.5. The average molecular weight is 380 g/mol. The minimum Gasteiger partial charge on any atom is -0.465 e. The van der Waals surface area contributed by atoms with Crippen molar-refractivity contribution in [3.63, 3.8) is 0 Å². The molecule has 0 heterocycles. The predicted octanol–water partition coefficient (Wildman–Crippen LogP) is 4.94. The van der Waals surface area contributed by atoms with E-state index in [-0.39, 0.29) is 5.78 Å². The number of carbonyl (C=O) groups is 2. The van der Waals surface area contributed by atoms with Crippen LogP contribution in [0.4, 0.5) is 10.5 Å². The second kappa shape index (κ2) is 8.46. The van der Waals surface area contributed by atoms with E-state index >= 15 is 0 Å². The topological polar surface area (TPSA) is 60.9 Å². The van der Waals surface area contributed by atoms with Crippen molar-refractivity contribution < 1.29 is 14.7 Å². The summed E-state index contributed by atoms with van der Waals surface area (Å²) in [7, 11) is 0. The van der Waals surface area contributed by atoms with Crippen LogP contribution in [0.2, 0.25) is 0 Å². The molecule has 2 unspecified atom stereocenters. The molecule has 1 aliphatic rings. The summed E-state index contributed by atoms with van der Waals surface area (Å²) in [6.07, 6.45) is -0.284. The van der Waals surface area contributed by atoms with Gasteiger partial charge in [-0.15, -0.1) is 0 Å². The van der Waals surface area contributed by atoms with Gasteiger partial charge in [-0.1, -0.05) is 43.3 Å². The Kier molecular flexibility index (Phi) is 6.02. The van der Waals surface area contributed by atoms with E-state index in [2.05, 4.69) is 18.7 Å². The van der Waals surface area contributed by atoms with Gasteiger partial charge in [0, 0.05) is 30.9 Å². The standard InChI is InChI=1S/C23H28N2O3/c1-4-15-25(23(27)28)21-18-9-7-8-10-19(18)22(26)20(21)16-11-13-17(14-12-16)24(5-2)6-3/h7-14,20-21H,4-6,15H2,1-3H3,(H,27,28). The lowest BCUT2D eigenvalue weighted by molar-refractivity contribution is 0.0892. The van der Waals surface area contributed by atoms with Crippen LogP contribution < -0.4 is 4.90 Å². The third-order valence-electron chi connectivity index (χ3n) is 5.57. The smallest absolute Gasteiger partial charge is 0.407 e. The van der Waals surface area contributed by atoms with Crippen LogP contribution in [0.1, 0.15) is 60.6 Å². The summed E-state index contributed by atoms with van der Waals surface area (Å²) in [6, 6.07) is 14.9. The van der Waals surface area contributed by atoms with Gasteiger partial charge in [-0.3, -0.25) is 4.79 Å². The fraction of sp³-hybridized carbons (Fsp3) is 0.391. The van der Waals surface area contributed by atoms with Gasteiger partial charge in [0.1, 0.15) is 0 Å². The summed E-state index contributed by atoms with van der Waals surface area (Å²) in [4.78, 5) is 28.9. The molecule has 0 bridgehead atoms.